The molecule has 0 aliphatic carbocycles. The van der Waals surface area contributed by atoms with Crippen LogP contribution in [0.1, 0.15) is 15.9 Å². The summed E-state index contributed by atoms with van der Waals surface area (Å²) in [7, 11) is 2.60. The summed E-state index contributed by atoms with van der Waals surface area (Å²) in [4.78, 5) is 34.1. The number of nitrogens with zero attached hydrogens (tertiary/aromatic N) is 5. The van der Waals surface area contributed by atoms with Crippen LogP contribution in [0.5, 0.6) is 5.88 Å². The Morgan fingerprint density at radius 1 is 1.25 bits per heavy atom. The van der Waals surface area contributed by atoms with E-state index in [9.17, 15) is 14.0 Å². The van der Waals surface area contributed by atoms with Crippen molar-refractivity contribution in [3.63, 3.8) is 0 Å². The Morgan fingerprint density at radius 3 is 2.75 bits per heavy atom. The number of pyridine rings is 1. The zero-order valence-corrected chi connectivity index (χ0v) is 17.7. The van der Waals surface area contributed by atoms with Crippen molar-refractivity contribution in [2.75, 3.05) is 33.0 Å². The second kappa shape index (κ2) is 8.29. The van der Waals surface area contributed by atoms with E-state index in [0.29, 0.717) is 22.6 Å². The van der Waals surface area contributed by atoms with Gasteiger partial charge in [-0.1, -0.05) is 0 Å². The molecule has 3 N–H and O–H groups in total. The molecule has 2 amide bonds. The third kappa shape index (κ3) is 3.63. The summed E-state index contributed by atoms with van der Waals surface area (Å²) in [5, 5.41) is 6.87. The van der Waals surface area contributed by atoms with Crippen molar-refractivity contribution in [2.45, 2.75) is 19.1 Å². The average molecular weight is 443 g/mol. The summed E-state index contributed by atoms with van der Waals surface area (Å²) >= 11 is 0. The van der Waals surface area contributed by atoms with Crippen LogP contribution >= 0.6 is 0 Å². The fourth-order valence-corrected chi connectivity index (χ4v) is 3.80. The summed E-state index contributed by atoms with van der Waals surface area (Å²) in [5.74, 6) is -0.174. The van der Waals surface area contributed by atoms with Crippen molar-refractivity contribution in [1.29, 1.82) is 0 Å². The molecule has 1 aliphatic rings. The van der Waals surface area contributed by atoms with E-state index in [-0.39, 0.29) is 24.5 Å². The number of ether oxygens (including phenoxy) is 2. The zero-order chi connectivity index (χ0) is 23.0. The number of carbonyl (C=O) groups is 2. The molecule has 1 fully saturated rings. The number of nitrogens with two attached hydrogens (primary N) is 1. The highest BCUT2D eigenvalue weighted by Gasteiger charge is 2.37. The maximum absolute atomic E-state index is 14.4. The number of fused-ring (bicyclic) bond motifs is 1. The second-order valence-corrected chi connectivity index (χ2v) is 7.37. The van der Waals surface area contributed by atoms with Crippen molar-refractivity contribution < 1.29 is 23.5 Å². The van der Waals surface area contributed by atoms with Gasteiger partial charge in [0.05, 0.1) is 32.5 Å². The molecule has 168 valence electrons. The molecule has 3 aromatic rings. The van der Waals surface area contributed by atoms with E-state index < -0.39 is 24.2 Å². The van der Waals surface area contributed by atoms with E-state index in [1.165, 1.54) is 25.4 Å². The van der Waals surface area contributed by atoms with Gasteiger partial charge in [-0.3, -0.25) is 4.79 Å². The Labute approximate surface area is 182 Å². The van der Waals surface area contributed by atoms with Gasteiger partial charge in [-0.05, 0) is 24.6 Å². The average Bonchev–Trinajstić information content (AvgIpc) is 3.33. The number of hydrogen-bond acceptors (Lipinski definition) is 8. The molecule has 4 rings (SSSR count). The number of halogens is 1. The Bertz CT molecular complexity index is 1200. The topological polar surface area (TPSA) is 137 Å². The molecule has 1 unspecified atom stereocenters. The van der Waals surface area contributed by atoms with E-state index in [1.807, 2.05) is 13.0 Å². The quantitative estimate of drug-likeness (QED) is 0.614. The van der Waals surface area contributed by atoms with E-state index in [1.54, 1.807) is 16.8 Å². The number of aromatic nitrogens is 4. The van der Waals surface area contributed by atoms with Crippen molar-refractivity contribution in [1.82, 2.24) is 29.8 Å². The van der Waals surface area contributed by atoms with Crippen LogP contribution in [-0.4, -0.2) is 76.0 Å². The molecular weight excluding hydrogens is 421 g/mol. The SMILES string of the molecule is COC(=O)N1CC(NC(=O)c2cc(-c3cc(C)c4c(N)ncnn34)cnc2OC)[C@@H](F)C1. The minimum atomic E-state index is -1.43. The number of alkyl halides is 1. The minimum absolute atomic E-state index is 0.00620. The predicted molar refractivity (Wildman–Crippen MR) is 112 cm³/mol. The van der Waals surface area contributed by atoms with Gasteiger partial charge in [0.25, 0.3) is 5.91 Å². The van der Waals surface area contributed by atoms with Crippen LogP contribution < -0.4 is 15.8 Å². The number of hydrogen-bond donors (Lipinski definition) is 2. The van der Waals surface area contributed by atoms with Gasteiger partial charge in [0.1, 0.15) is 23.6 Å². The van der Waals surface area contributed by atoms with Crippen molar-refractivity contribution >= 4 is 23.3 Å². The largest absolute Gasteiger partial charge is 0.480 e. The van der Waals surface area contributed by atoms with Crippen molar-refractivity contribution in [2.24, 2.45) is 0 Å². The van der Waals surface area contributed by atoms with Gasteiger partial charge in [0.2, 0.25) is 5.88 Å². The van der Waals surface area contributed by atoms with Gasteiger partial charge in [0.15, 0.2) is 5.82 Å². The van der Waals surface area contributed by atoms with Crippen LogP contribution in [0.25, 0.3) is 16.8 Å². The van der Waals surface area contributed by atoms with Crippen LogP contribution in [0.3, 0.4) is 0 Å². The first-order valence-electron chi connectivity index (χ1n) is 9.75. The Kier molecular flexibility index (Phi) is 5.51. The van der Waals surface area contributed by atoms with Gasteiger partial charge in [-0.15, -0.1) is 0 Å². The molecule has 12 heteroatoms. The van der Waals surface area contributed by atoms with Gasteiger partial charge in [0, 0.05) is 18.3 Å². The lowest BCUT2D eigenvalue weighted by atomic mass is 10.1. The Morgan fingerprint density at radius 2 is 2.03 bits per heavy atom. The molecular formula is C20H22FN7O4. The van der Waals surface area contributed by atoms with Crippen LogP contribution in [-0.2, 0) is 4.74 Å². The molecule has 4 heterocycles. The lowest BCUT2D eigenvalue weighted by Gasteiger charge is -2.16. The minimum Gasteiger partial charge on any atom is -0.480 e. The summed E-state index contributed by atoms with van der Waals surface area (Å²) in [6.45, 7) is 1.70. The monoisotopic (exact) mass is 443 g/mol. The first kappa shape index (κ1) is 21.3. The number of methoxy groups -OCH3 is 2. The molecule has 0 spiro atoms. The van der Waals surface area contributed by atoms with E-state index in [2.05, 4.69) is 25.1 Å². The smallest absolute Gasteiger partial charge is 0.409 e. The molecule has 0 saturated carbocycles. The van der Waals surface area contributed by atoms with Gasteiger partial charge in [-0.2, -0.15) is 5.10 Å². The fraction of sp³-hybridized carbons (Fsp3) is 0.350. The molecule has 2 atom stereocenters. The molecule has 0 aromatic carbocycles. The number of nitrogen functional groups attached to an aromatic ring is 1. The van der Waals surface area contributed by atoms with Crippen molar-refractivity contribution in [3.8, 4) is 17.1 Å². The molecule has 1 saturated heterocycles. The van der Waals surface area contributed by atoms with Gasteiger partial charge < -0.3 is 25.4 Å². The van der Waals surface area contributed by atoms with Crippen LogP contribution in [0.2, 0.25) is 0 Å². The first-order chi connectivity index (χ1) is 15.3. The van der Waals surface area contributed by atoms with E-state index in [0.717, 1.165) is 5.56 Å². The number of likely N-dealkylation sites (tertiary alicyclic amines) is 1. The van der Waals surface area contributed by atoms with E-state index >= 15 is 0 Å². The number of anilines is 1. The molecule has 32 heavy (non-hydrogen) atoms. The fourth-order valence-electron chi connectivity index (χ4n) is 3.80. The second-order valence-electron chi connectivity index (χ2n) is 7.37. The number of nitrogens with one attached hydrogen (secondary N) is 1. The predicted octanol–water partition coefficient (Wildman–Crippen LogP) is 1.21. The normalized spacial score (nSPS) is 18.1. The van der Waals surface area contributed by atoms with E-state index in [4.69, 9.17) is 10.5 Å². The Hall–Kier alpha value is -3.96. The number of amides is 2. The van der Waals surface area contributed by atoms with Crippen LogP contribution in [0.4, 0.5) is 15.0 Å². The molecule has 0 radical (unpaired) electrons. The number of aryl methyl sites for hydroxylation is 1. The molecule has 3 aromatic heterocycles. The maximum Gasteiger partial charge on any atom is 0.409 e. The molecule has 11 nitrogen and oxygen atoms in total. The zero-order valence-electron chi connectivity index (χ0n) is 17.7. The summed E-state index contributed by atoms with van der Waals surface area (Å²) in [6.07, 6.45) is 0.797. The molecule has 1 aliphatic heterocycles. The van der Waals surface area contributed by atoms with Crippen LogP contribution in [0.15, 0.2) is 24.7 Å². The standard InChI is InChI=1S/C20H22FN7O4/c1-10-4-15(28-16(10)17(22)24-9-25-28)11-5-12(19(31-2)23-6-11)18(29)26-14-8-27(7-13(14)21)20(30)32-3/h4-6,9,13-14H,7-8H2,1-3H3,(H,26,29)(H2,22,24,25)/t13-,14?/m0/s1. The lowest BCUT2D eigenvalue weighted by Crippen LogP contribution is -2.42. The highest BCUT2D eigenvalue weighted by molar-refractivity contribution is 5.98. The van der Waals surface area contributed by atoms with Gasteiger partial charge >= 0.3 is 6.09 Å². The summed E-state index contributed by atoms with van der Waals surface area (Å²) < 4.78 is 25.9. The third-order valence-electron chi connectivity index (χ3n) is 5.36. The van der Waals surface area contributed by atoms with Crippen molar-refractivity contribution in [3.05, 3.63) is 35.8 Å². The highest BCUT2D eigenvalue weighted by Crippen LogP contribution is 2.29. The van der Waals surface area contributed by atoms with Crippen LogP contribution in [0, 0.1) is 6.92 Å². The third-order valence-corrected chi connectivity index (χ3v) is 5.36. The summed E-state index contributed by atoms with van der Waals surface area (Å²) in [5.41, 5.74) is 8.83. The van der Waals surface area contributed by atoms with Gasteiger partial charge in [-0.25, -0.2) is 23.7 Å². The number of rotatable bonds is 4. The number of carbonyl (C=O) groups excluding carboxylic acids is 2. The molecule has 0 bridgehead atoms. The first-order valence-corrected chi connectivity index (χ1v) is 9.75. The maximum atomic E-state index is 14.4. The lowest BCUT2D eigenvalue weighted by molar-refractivity contribution is 0.0918. The Balaban J connectivity index is 1.66. The summed E-state index contributed by atoms with van der Waals surface area (Å²) in [6, 6.07) is 2.55. The highest BCUT2D eigenvalue weighted by atomic mass is 19.1.